The Hall–Kier alpha value is -6.06. The molecule has 0 bridgehead atoms. The van der Waals surface area contributed by atoms with E-state index in [0.717, 1.165) is 45.6 Å². The number of benzene rings is 7. The zero-order valence-electron chi connectivity index (χ0n) is 24.7. The van der Waals surface area contributed by atoms with Gasteiger partial charge in [-0.3, -0.25) is 4.90 Å². The van der Waals surface area contributed by atoms with Crippen molar-refractivity contribution < 1.29 is 9.47 Å². The largest absolute Gasteiger partial charge is 0.453 e. The SMILES string of the molecule is c1ccc2c(c1)Oc1cc(-c3cccc4c3-c3ccccc3C43c4ccccc4-c4ccccc43)cc3c1N2c1ccccc1O3. The summed E-state index contributed by atoms with van der Waals surface area (Å²) in [5, 5.41) is 0. The molecule has 0 radical (unpaired) electrons. The number of nitrogens with zero attached hydrogens (tertiary/aromatic N) is 1. The van der Waals surface area contributed by atoms with Crippen LogP contribution in [0, 0.1) is 0 Å². The van der Waals surface area contributed by atoms with Gasteiger partial charge in [-0.1, -0.05) is 115 Å². The Morgan fingerprint density at radius 2 is 0.848 bits per heavy atom. The average molecular weight is 588 g/mol. The van der Waals surface area contributed by atoms with E-state index in [0.29, 0.717) is 0 Å². The number of anilines is 3. The van der Waals surface area contributed by atoms with Crippen molar-refractivity contribution >= 4 is 17.1 Å². The van der Waals surface area contributed by atoms with Gasteiger partial charge in [0.2, 0.25) is 0 Å². The molecule has 4 aliphatic rings. The fraction of sp³-hybridized carbons (Fsp3) is 0.0233. The molecule has 214 valence electrons. The quantitative estimate of drug-likeness (QED) is 0.191. The van der Waals surface area contributed by atoms with Crippen molar-refractivity contribution in [2.75, 3.05) is 4.90 Å². The van der Waals surface area contributed by atoms with Crippen LogP contribution in [0.25, 0.3) is 33.4 Å². The summed E-state index contributed by atoms with van der Waals surface area (Å²) < 4.78 is 13.3. The lowest BCUT2D eigenvalue weighted by Crippen LogP contribution is -2.25. The van der Waals surface area contributed by atoms with E-state index in [-0.39, 0.29) is 5.41 Å². The minimum absolute atomic E-state index is 0.390. The lowest BCUT2D eigenvalue weighted by molar-refractivity contribution is 0.446. The maximum Gasteiger partial charge on any atom is 0.156 e. The Bertz CT molecular complexity index is 2340. The van der Waals surface area contributed by atoms with E-state index in [4.69, 9.17) is 9.47 Å². The summed E-state index contributed by atoms with van der Waals surface area (Å²) in [5.41, 5.74) is 15.3. The molecule has 0 N–H and O–H groups in total. The van der Waals surface area contributed by atoms with Gasteiger partial charge in [0.15, 0.2) is 23.0 Å². The Morgan fingerprint density at radius 3 is 1.46 bits per heavy atom. The fourth-order valence-corrected chi connectivity index (χ4v) is 8.56. The van der Waals surface area contributed by atoms with Crippen LogP contribution in [0.4, 0.5) is 17.1 Å². The first kappa shape index (κ1) is 24.3. The van der Waals surface area contributed by atoms with Crippen molar-refractivity contribution in [2.24, 2.45) is 0 Å². The topological polar surface area (TPSA) is 21.7 Å². The summed E-state index contributed by atoms with van der Waals surface area (Å²) in [4.78, 5) is 2.28. The van der Waals surface area contributed by atoms with Crippen LogP contribution in [0.5, 0.6) is 23.0 Å². The highest BCUT2D eigenvalue weighted by atomic mass is 16.5. The highest BCUT2D eigenvalue weighted by Crippen LogP contribution is 2.65. The van der Waals surface area contributed by atoms with Crippen LogP contribution in [0.1, 0.15) is 22.3 Å². The van der Waals surface area contributed by atoms with Gasteiger partial charge < -0.3 is 9.47 Å². The van der Waals surface area contributed by atoms with E-state index in [1.54, 1.807) is 0 Å². The second-order valence-electron chi connectivity index (χ2n) is 12.4. The Balaban J connectivity index is 1.20. The molecule has 0 atom stereocenters. The van der Waals surface area contributed by atoms with E-state index in [2.05, 4.69) is 132 Å². The van der Waals surface area contributed by atoms with E-state index in [1.807, 2.05) is 24.3 Å². The Labute approximate surface area is 266 Å². The molecule has 0 saturated heterocycles. The molecule has 3 nitrogen and oxygen atoms in total. The van der Waals surface area contributed by atoms with Crippen molar-refractivity contribution in [1.82, 2.24) is 0 Å². The number of rotatable bonds is 1. The van der Waals surface area contributed by atoms with E-state index in [9.17, 15) is 0 Å². The maximum absolute atomic E-state index is 6.65. The minimum Gasteiger partial charge on any atom is -0.453 e. The van der Waals surface area contributed by atoms with Gasteiger partial charge in [-0.05, 0) is 92.0 Å². The molecule has 0 unspecified atom stereocenters. The molecular weight excluding hydrogens is 562 g/mol. The first-order valence-electron chi connectivity index (χ1n) is 15.8. The second-order valence-corrected chi connectivity index (χ2v) is 12.4. The predicted molar refractivity (Wildman–Crippen MR) is 183 cm³/mol. The van der Waals surface area contributed by atoms with E-state index in [1.165, 1.54) is 50.1 Å². The molecule has 0 saturated carbocycles. The molecule has 1 spiro atoms. The van der Waals surface area contributed by atoms with Crippen molar-refractivity contribution in [1.29, 1.82) is 0 Å². The molecule has 0 aromatic heterocycles. The minimum atomic E-state index is -0.390. The molecule has 2 heterocycles. The molecular formula is C43H25NO2. The molecule has 11 rings (SSSR count). The predicted octanol–water partition coefficient (Wildman–Crippen LogP) is 11.4. The van der Waals surface area contributed by atoms with Crippen LogP contribution in [0.15, 0.2) is 152 Å². The van der Waals surface area contributed by atoms with Crippen LogP contribution in [0.2, 0.25) is 0 Å². The zero-order valence-corrected chi connectivity index (χ0v) is 24.7. The Morgan fingerprint density at radius 1 is 0.391 bits per heavy atom. The standard InChI is InChI=1S/C43H25NO2/c1-4-16-31-28(12-1)29-13-2-5-17-32(29)43(31)33-18-6-3-14-30(33)41-27(15-11-19-34(41)43)26-24-39-42-40(25-26)46-38-23-10-8-21-36(38)44(42)35-20-7-9-22-37(35)45-39/h1-25H. The van der Waals surface area contributed by atoms with E-state index >= 15 is 0 Å². The van der Waals surface area contributed by atoms with Crippen LogP contribution in [0.3, 0.4) is 0 Å². The third-order valence-corrected chi connectivity index (χ3v) is 10.2. The molecule has 2 aliphatic heterocycles. The lowest BCUT2D eigenvalue weighted by atomic mass is 9.70. The van der Waals surface area contributed by atoms with Gasteiger partial charge in [0.25, 0.3) is 0 Å². The van der Waals surface area contributed by atoms with Crippen molar-refractivity contribution in [3.8, 4) is 56.4 Å². The zero-order chi connectivity index (χ0) is 30.0. The summed E-state index contributed by atoms with van der Waals surface area (Å²) in [7, 11) is 0. The molecule has 2 aliphatic carbocycles. The Kier molecular flexibility index (Phi) is 4.52. The van der Waals surface area contributed by atoms with Gasteiger partial charge in [-0.2, -0.15) is 0 Å². The molecule has 7 aromatic rings. The van der Waals surface area contributed by atoms with Crippen LogP contribution in [-0.4, -0.2) is 0 Å². The number of ether oxygens (including phenoxy) is 2. The number of para-hydroxylation sites is 4. The number of hydrogen-bond donors (Lipinski definition) is 0. The lowest BCUT2D eigenvalue weighted by Gasteiger charge is -2.38. The van der Waals surface area contributed by atoms with Crippen molar-refractivity contribution in [2.45, 2.75) is 5.41 Å². The number of fused-ring (bicyclic) bond motifs is 14. The van der Waals surface area contributed by atoms with Crippen LogP contribution >= 0.6 is 0 Å². The second kappa shape index (κ2) is 8.56. The molecule has 46 heavy (non-hydrogen) atoms. The summed E-state index contributed by atoms with van der Waals surface area (Å²) in [6.45, 7) is 0. The first-order valence-corrected chi connectivity index (χ1v) is 15.8. The van der Waals surface area contributed by atoms with Gasteiger partial charge in [0, 0.05) is 0 Å². The third kappa shape index (κ3) is 2.84. The summed E-state index contributed by atoms with van der Waals surface area (Å²) in [6, 6.07) is 54.5. The average Bonchev–Trinajstić information content (AvgIpc) is 3.59. The molecule has 0 fully saturated rings. The van der Waals surface area contributed by atoms with Crippen LogP contribution < -0.4 is 14.4 Å². The number of hydrogen-bond acceptors (Lipinski definition) is 3. The fourth-order valence-electron chi connectivity index (χ4n) is 8.56. The van der Waals surface area contributed by atoms with Crippen molar-refractivity contribution in [3.05, 3.63) is 174 Å². The van der Waals surface area contributed by atoms with Gasteiger partial charge in [0.1, 0.15) is 5.69 Å². The monoisotopic (exact) mass is 587 g/mol. The summed E-state index contributed by atoms with van der Waals surface area (Å²) >= 11 is 0. The van der Waals surface area contributed by atoms with Gasteiger partial charge >= 0.3 is 0 Å². The van der Waals surface area contributed by atoms with Crippen LogP contribution in [-0.2, 0) is 5.41 Å². The first-order chi connectivity index (χ1) is 22.8. The summed E-state index contributed by atoms with van der Waals surface area (Å²) in [5.74, 6) is 3.24. The summed E-state index contributed by atoms with van der Waals surface area (Å²) in [6.07, 6.45) is 0. The normalized spacial score (nSPS) is 14.6. The molecule has 7 aromatic carbocycles. The van der Waals surface area contributed by atoms with E-state index < -0.39 is 0 Å². The highest BCUT2D eigenvalue weighted by Gasteiger charge is 2.52. The third-order valence-electron chi connectivity index (χ3n) is 10.2. The smallest absolute Gasteiger partial charge is 0.156 e. The van der Waals surface area contributed by atoms with Gasteiger partial charge in [-0.25, -0.2) is 0 Å². The molecule has 0 amide bonds. The van der Waals surface area contributed by atoms with Gasteiger partial charge in [0.05, 0.1) is 16.8 Å². The maximum atomic E-state index is 6.65. The highest BCUT2D eigenvalue weighted by molar-refractivity contribution is 6.01. The van der Waals surface area contributed by atoms with Gasteiger partial charge in [-0.15, -0.1) is 0 Å². The molecule has 3 heteroatoms. The van der Waals surface area contributed by atoms with Crippen molar-refractivity contribution in [3.63, 3.8) is 0 Å².